The molecule has 0 aliphatic heterocycles. The molecule has 3 rings (SSSR count). The summed E-state index contributed by atoms with van der Waals surface area (Å²) in [6.45, 7) is 5.53. The number of aromatic nitrogens is 2. The van der Waals surface area contributed by atoms with Crippen molar-refractivity contribution >= 4 is 33.9 Å². The van der Waals surface area contributed by atoms with Crippen LogP contribution in [0.4, 0.5) is 18.3 Å². The fraction of sp³-hybridized carbons (Fsp3) is 0.423. The lowest BCUT2D eigenvalue weighted by atomic mass is 9.74. The number of ether oxygens (including phenoxy) is 1. The van der Waals surface area contributed by atoms with Gasteiger partial charge in [-0.25, -0.2) is 0 Å². The number of amides is 1. The molecule has 2 unspecified atom stereocenters. The first-order chi connectivity index (χ1) is 18.4. The summed E-state index contributed by atoms with van der Waals surface area (Å²) in [6, 6.07) is 4.18. The van der Waals surface area contributed by atoms with E-state index in [2.05, 4.69) is 31.8 Å². The van der Waals surface area contributed by atoms with Gasteiger partial charge in [-0.3, -0.25) is 14.6 Å². The molecule has 1 aromatic heterocycles. The largest absolute Gasteiger partial charge is 0.573 e. The van der Waals surface area contributed by atoms with Crippen molar-refractivity contribution in [3.8, 4) is 5.75 Å². The number of nitrogens with two attached hydrogens (primary N) is 2. The van der Waals surface area contributed by atoms with E-state index >= 15 is 0 Å². The highest BCUT2D eigenvalue weighted by Crippen LogP contribution is 2.31. The van der Waals surface area contributed by atoms with E-state index in [1.807, 2.05) is 19.1 Å². The number of benzene rings is 1. The van der Waals surface area contributed by atoms with Crippen LogP contribution in [0, 0.1) is 5.92 Å². The zero-order valence-electron chi connectivity index (χ0n) is 21.4. The topological polar surface area (TPSA) is 146 Å². The standard InChI is InChI=1S/C26H31F3N6O3S/c1-3-32-19(23(30)20(36)14-17-7-6-8-18(13-17)38-26(27,28)29)9-4-5-10-22-34-35-24(39-22)33-21(37)15-25(31)12-11-16(25)2/h3,6-8,11-13,16,23H,1,4-5,9-10,14-15,30-31H2,2H3,(H,33,35,37)/b32-19-/t16-,23?,25?/m1/s1. The molecular formula is C26H31F3N6O3S. The van der Waals surface area contributed by atoms with Gasteiger partial charge < -0.3 is 21.5 Å². The van der Waals surface area contributed by atoms with E-state index in [1.165, 1.54) is 29.7 Å². The van der Waals surface area contributed by atoms with Crippen molar-refractivity contribution in [3.05, 3.63) is 59.8 Å². The first-order valence-electron chi connectivity index (χ1n) is 12.3. The molecular weight excluding hydrogens is 533 g/mol. The molecule has 1 aliphatic rings. The molecule has 0 saturated carbocycles. The SMILES string of the molecule is C=C/N=C(/CCCCc1nnc(NC(=O)CC2(N)C=C[C@H]2C)s1)C(N)C(=O)Cc1cccc(OC(F)(F)F)c1. The number of aryl methyl sites for hydroxylation is 1. The van der Waals surface area contributed by atoms with Crippen LogP contribution < -0.4 is 21.5 Å². The summed E-state index contributed by atoms with van der Waals surface area (Å²) in [4.78, 5) is 29.2. The molecule has 5 N–H and O–H groups in total. The van der Waals surface area contributed by atoms with Crippen LogP contribution in [0.5, 0.6) is 5.75 Å². The van der Waals surface area contributed by atoms with Gasteiger partial charge in [0.1, 0.15) is 16.8 Å². The van der Waals surface area contributed by atoms with E-state index in [-0.39, 0.29) is 24.7 Å². The van der Waals surface area contributed by atoms with Gasteiger partial charge in [0.15, 0.2) is 5.78 Å². The highest BCUT2D eigenvalue weighted by Gasteiger charge is 2.36. The van der Waals surface area contributed by atoms with Gasteiger partial charge >= 0.3 is 6.36 Å². The molecule has 1 heterocycles. The van der Waals surface area contributed by atoms with Crippen LogP contribution in [0.2, 0.25) is 0 Å². The maximum atomic E-state index is 12.7. The van der Waals surface area contributed by atoms with Crippen LogP contribution in [-0.4, -0.2) is 45.5 Å². The Morgan fingerprint density at radius 3 is 2.74 bits per heavy atom. The second kappa shape index (κ2) is 13.1. The van der Waals surface area contributed by atoms with Crippen molar-refractivity contribution in [1.29, 1.82) is 0 Å². The number of alkyl halides is 3. The zero-order chi connectivity index (χ0) is 28.6. The number of unbranched alkanes of at least 4 members (excludes halogenated alkanes) is 1. The molecule has 2 aromatic rings. The first-order valence-corrected chi connectivity index (χ1v) is 13.1. The van der Waals surface area contributed by atoms with Gasteiger partial charge in [0.25, 0.3) is 0 Å². The maximum absolute atomic E-state index is 12.7. The average molecular weight is 565 g/mol. The van der Waals surface area contributed by atoms with E-state index in [0.717, 1.165) is 17.1 Å². The molecule has 1 amide bonds. The third kappa shape index (κ3) is 9.08. The van der Waals surface area contributed by atoms with Crippen molar-refractivity contribution < 1.29 is 27.5 Å². The Bertz CT molecular complexity index is 1250. The molecule has 0 radical (unpaired) electrons. The number of rotatable bonds is 14. The van der Waals surface area contributed by atoms with Crippen LogP contribution in [0.3, 0.4) is 0 Å². The number of nitrogens with zero attached hydrogens (tertiary/aromatic N) is 3. The van der Waals surface area contributed by atoms with Gasteiger partial charge in [-0.15, -0.1) is 23.4 Å². The maximum Gasteiger partial charge on any atom is 0.573 e. The van der Waals surface area contributed by atoms with Crippen molar-refractivity contribution in [2.75, 3.05) is 5.32 Å². The van der Waals surface area contributed by atoms with Crippen molar-refractivity contribution in [3.63, 3.8) is 0 Å². The van der Waals surface area contributed by atoms with Crippen LogP contribution in [0.15, 0.2) is 54.2 Å². The quantitative estimate of drug-likeness (QED) is 0.178. The predicted molar refractivity (Wildman–Crippen MR) is 143 cm³/mol. The summed E-state index contributed by atoms with van der Waals surface area (Å²) in [5, 5.41) is 12.0. The minimum atomic E-state index is -4.83. The fourth-order valence-electron chi connectivity index (χ4n) is 3.95. The Hall–Kier alpha value is -3.42. The number of ketones is 1. The Labute approximate surface area is 228 Å². The van der Waals surface area contributed by atoms with Crippen LogP contribution >= 0.6 is 11.3 Å². The zero-order valence-corrected chi connectivity index (χ0v) is 22.2. The van der Waals surface area contributed by atoms with Crippen LogP contribution in [-0.2, 0) is 22.4 Å². The van der Waals surface area contributed by atoms with Crippen LogP contribution in [0.1, 0.15) is 43.2 Å². The number of hydrogen-bond donors (Lipinski definition) is 3. The monoisotopic (exact) mass is 564 g/mol. The van der Waals surface area contributed by atoms with E-state index in [4.69, 9.17) is 11.5 Å². The summed E-state index contributed by atoms with van der Waals surface area (Å²) in [5.41, 5.74) is 12.4. The Kier molecular flexibility index (Phi) is 10.1. The molecule has 0 bridgehead atoms. The third-order valence-electron chi connectivity index (χ3n) is 6.27. The number of hydrogen-bond acceptors (Lipinski definition) is 9. The molecule has 0 saturated heterocycles. The minimum Gasteiger partial charge on any atom is -0.406 e. The van der Waals surface area contributed by atoms with Crippen molar-refractivity contribution in [2.24, 2.45) is 22.4 Å². The van der Waals surface area contributed by atoms with E-state index in [0.29, 0.717) is 42.1 Å². The smallest absolute Gasteiger partial charge is 0.406 e. The molecule has 39 heavy (non-hydrogen) atoms. The molecule has 1 aliphatic carbocycles. The first kappa shape index (κ1) is 30.1. The third-order valence-corrected chi connectivity index (χ3v) is 7.17. The number of nitrogens with one attached hydrogen (secondary N) is 1. The highest BCUT2D eigenvalue weighted by molar-refractivity contribution is 7.15. The summed E-state index contributed by atoms with van der Waals surface area (Å²) in [6.07, 6.45) is 2.61. The lowest BCUT2D eigenvalue weighted by molar-refractivity contribution is -0.274. The number of carbonyl (C=O) groups is 2. The highest BCUT2D eigenvalue weighted by atomic mass is 32.1. The lowest BCUT2D eigenvalue weighted by Gasteiger charge is -2.37. The normalized spacial score (nSPS) is 19.7. The van der Waals surface area contributed by atoms with Crippen molar-refractivity contribution in [2.45, 2.75) is 63.4 Å². The van der Waals surface area contributed by atoms with Crippen molar-refractivity contribution in [1.82, 2.24) is 10.2 Å². The molecule has 9 nitrogen and oxygen atoms in total. The van der Waals surface area contributed by atoms with Gasteiger partial charge in [0.2, 0.25) is 11.0 Å². The van der Waals surface area contributed by atoms with Gasteiger partial charge in [-0.2, -0.15) is 0 Å². The minimum absolute atomic E-state index is 0.134. The number of halogens is 3. The number of anilines is 1. The van der Waals surface area contributed by atoms with E-state index in [9.17, 15) is 22.8 Å². The lowest BCUT2D eigenvalue weighted by Crippen LogP contribution is -2.51. The Morgan fingerprint density at radius 1 is 1.33 bits per heavy atom. The molecule has 210 valence electrons. The summed E-state index contributed by atoms with van der Waals surface area (Å²) in [5.74, 6) is -0.889. The van der Waals surface area contributed by atoms with Gasteiger partial charge in [-0.05, 0) is 42.9 Å². The van der Waals surface area contributed by atoms with Gasteiger partial charge in [0.05, 0.1) is 0 Å². The average Bonchev–Trinajstić information content (AvgIpc) is 3.30. The Morgan fingerprint density at radius 2 is 2.10 bits per heavy atom. The Balaban J connectivity index is 1.45. The molecule has 1 aromatic carbocycles. The molecule has 13 heteroatoms. The summed E-state index contributed by atoms with van der Waals surface area (Å²) in [7, 11) is 0. The predicted octanol–water partition coefficient (Wildman–Crippen LogP) is 4.11. The molecule has 0 fully saturated rings. The second-order valence-corrected chi connectivity index (χ2v) is 10.4. The van der Waals surface area contributed by atoms with Gasteiger partial charge in [-0.1, -0.05) is 49.1 Å². The number of aliphatic imine (C=N–C) groups is 1. The molecule has 0 spiro atoms. The second-order valence-electron chi connectivity index (χ2n) is 9.31. The van der Waals surface area contributed by atoms with Crippen LogP contribution in [0.25, 0.3) is 0 Å². The van der Waals surface area contributed by atoms with E-state index < -0.39 is 29.5 Å². The molecule has 3 atom stereocenters. The number of carbonyl (C=O) groups excluding carboxylic acids is 2. The number of Topliss-reactive ketones (excluding diaryl/α,β-unsaturated/α-hetero) is 1. The van der Waals surface area contributed by atoms with Gasteiger partial charge in [0, 0.05) is 36.7 Å². The summed E-state index contributed by atoms with van der Waals surface area (Å²) >= 11 is 1.28. The fourth-order valence-corrected chi connectivity index (χ4v) is 4.75. The van der Waals surface area contributed by atoms with E-state index in [1.54, 1.807) is 0 Å². The summed E-state index contributed by atoms with van der Waals surface area (Å²) < 4.78 is 41.3.